The van der Waals surface area contributed by atoms with E-state index in [9.17, 15) is 9.59 Å². The Hall–Kier alpha value is -0.940. The number of Topliss-reactive ketones (excluding diaryl/α,β-unsaturated/α-hetero) is 1. The van der Waals surface area contributed by atoms with Gasteiger partial charge in [0.05, 0.1) is 7.11 Å². The van der Waals surface area contributed by atoms with Crippen LogP contribution in [0.15, 0.2) is 0 Å². The summed E-state index contributed by atoms with van der Waals surface area (Å²) in [6.45, 7) is 9.76. The van der Waals surface area contributed by atoms with Crippen LogP contribution in [0, 0.1) is 5.92 Å². The summed E-state index contributed by atoms with van der Waals surface area (Å²) in [5, 5.41) is 0. The standard InChI is InChI=1S/C14H26N2O3/c1-4-15(5-2)8-6-9-16-10-7-13(17)12(11-16)14(18)19-3/h12H,4-11H2,1-3H3. The molecule has 0 aromatic heterocycles. The summed E-state index contributed by atoms with van der Waals surface area (Å²) in [4.78, 5) is 27.8. The van der Waals surface area contributed by atoms with Gasteiger partial charge in [0.15, 0.2) is 0 Å². The highest BCUT2D eigenvalue weighted by atomic mass is 16.5. The maximum Gasteiger partial charge on any atom is 0.317 e. The topological polar surface area (TPSA) is 49.9 Å². The molecule has 0 aromatic rings. The van der Waals surface area contributed by atoms with Crippen LogP contribution >= 0.6 is 0 Å². The fraction of sp³-hybridized carbons (Fsp3) is 0.857. The first-order valence-corrected chi connectivity index (χ1v) is 7.17. The zero-order chi connectivity index (χ0) is 14.3. The van der Waals surface area contributed by atoms with Gasteiger partial charge in [0, 0.05) is 19.5 Å². The minimum absolute atomic E-state index is 0.0202. The summed E-state index contributed by atoms with van der Waals surface area (Å²) >= 11 is 0. The van der Waals surface area contributed by atoms with Gasteiger partial charge in [-0.1, -0.05) is 13.8 Å². The molecule has 1 heterocycles. The van der Waals surface area contributed by atoms with E-state index in [0.717, 1.165) is 39.1 Å². The van der Waals surface area contributed by atoms with Crippen molar-refractivity contribution in [3.63, 3.8) is 0 Å². The lowest BCUT2D eigenvalue weighted by molar-refractivity contribution is -0.151. The van der Waals surface area contributed by atoms with E-state index in [2.05, 4.69) is 23.6 Å². The van der Waals surface area contributed by atoms with E-state index in [-0.39, 0.29) is 5.78 Å². The molecule has 5 nitrogen and oxygen atoms in total. The Morgan fingerprint density at radius 1 is 1.42 bits per heavy atom. The number of rotatable bonds is 7. The van der Waals surface area contributed by atoms with E-state index in [4.69, 9.17) is 4.74 Å². The molecular formula is C14H26N2O3. The number of nitrogens with zero attached hydrogens (tertiary/aromatic N) is 2. The molecule has 1 atom stereocenters. The van der Waals surface area contributed by atoms with E-state index in [1.807, 2.05) is 0 Å². The van der Waals surface area contributed by atoms with Crippen LogP contribution < -0.4 is 0 Å². The molecule has 1 unspecified atom stereocenters. The molecule has 110 valence electrons. The highest BCUT2D eigenvalue weighted by Crippen LogP contribution is 2.14. The normalized spacial score (nSPS) is 20.8. The number of methoxy groups -OCH3 is 1. The van der Waals surface area contributed by atoms with E-state index in [1.165, 1.54) is 7.11 Å². The number of carbonyl (C=O) groups is 2. The van der Waals surface area contributed by atoms with E-state index in [0.29, 0.717) is 13.0 Å². The smallest absolute Gasteiger partial charge is 0.317 e. The van der Waals surface area contributed by atoms with Gasteiger partial charge in [0.25, 0.3) is 0 Å². The number of likely N-dealkylation sites (tertiary alicyclic amines) is 1. The Labute approximate surface area is 115 Å². The highest BCUT2D eigenvalue weighted by Gasteiger charge is 2.33. The third-order valence-corrected chi connectivity index (χ3v) is 3.83. The monoisotopic (exact) mass is 270 g/mol. The Morgan fingerprint density at radius 2 is 2.11 bits per heavy atom. The number of hydrogen-bond donors (Lipinski definition) is 0. The second-order valence-corrected chi connectivity index (χ2v) is 4.97. The first kappa shape index (κ1) is 16.1. The van der Waals surface area contributed by atoms with Crippen LogP contribution in [0.3, 0.4) is 0 Å². The van der Waals surface area contributed by atoms with Crippen molar-refractivity contribution in [2.45, 2.75) is 26.7 Å². The minimum atomic E-state index is -0.577. The van der Waals surface area contributed by atoms with Gasteiger partial charge in [-0.3, -0.25) is 9.59 Å². The summed E-state index contributed by atoms with van der Waals surface area (Å²) in [5.74, 6) is -0.947. The van der Waals surface area contributed by atoms with Gasteiger partial charge in [-0.15, -0.1) is 0 Å². The third-order valence-electron chi connectivity index (χ3n) is 3.83. The number of esters is 1. The van der Waals surface area contributed by atoms with Crippen LogP contribution in [-0.4, -0.2) is 67.9 Å². The first-order chi connectivity index (χ1) is 9.12. The van der Waals surface area contributed by atoms with Crippen LogP contribution in [-0.2, 0) is 14.3 Å². The van der Waals surface area contributed by atoms with E-state index < -0.39 is 11.9 Å². The number of ether oxygens (including phenoxy) is 1. The van der Waals surface area contributed by atoms with Gasteiger partial charge >= 0.3 is 5.97 Å². The van der Waals surface area contributed by atoms with Crippen molar-refractivity contribution < 1.29 is 14.3 Å². The number of carbonyl (C=O) groups excluding carboxylic acids is 2. The molecule has 0 bridgehead atoms. The van der Waals surface area contributed by atoms with Crippen molar-refractivity contribution in [3.05, 3.63) is 0 Å². The summed E-state index contributed by atoms with van der Waals surface area (Å²) < 4.78 is 4.69. The van der Waals surface area contributed by atoms with Gasteiger partial charge < -0.3 is 14.5 Å². The third kappa shape index (κ3) is 4.91. The predicted molar refractivity (Wildman–Crippen MR) is 74.0 cm³/mol. The van der Waals surface area contributed by atoms with E-state index in [1.54, 1.807) is 0 Å². The molecular weight excluding hydrogens is 244 g/mol. The second-order valence-electron chi connectivity index (χ2n) is 4.97. The zero-order valence-corrected chi connectivity index (χ0v) is 12.4. The van der Waals surface area contributed by atoms with Gasteiger partial charge in [-0.2, -0.15) is 0 Å². The Balaban J connectivity index is 2.35. The lowest BCUT2D eigenvalue weighted by Gasteiger charge is -2.30. The molecule has 0 N–H and O–H groups in total. The quantitative estimate of drug-likeness (QED) is 0.505. The molecule has 0 radical (unpaired) electrons. The molecule has 0 aromatic carbocycles. The zero-order valence-electron chi connectivity index (χ0n) is 12.4. The molecule has 0 spiro atoms. The lowest BCUT2D eigenvalue weighted by Crippen LogP contribution is -2.45. The SMILES string of the molecule is CCN(CC)CCCN1CCC(=O)C(C(=O)OC)C1. The molecule has 1 fully saturated rings. The van der Waals surface area contributed by atoms with Gasteiger partial charge in [-0.05, 0) is 32.6 Å². The number of hydrogen-bond acceptors (Lipinski definition) is 5. The fourth-order valence-electron chi connectivity index (χ4n) is 2.50. The Bertz CT molecular complexity index is 295. The molecule has 5 heteroatoms. The van der Waals surface area contributed by atoms with Crippen molar-refractivity contribution in [2.75, 3.05) is 46.4 Å². The van der Waals surface area contributed by atoms with Crippen LogP contribution in [0.25, 0.3) is 0 Å². The molecule has 19 heavy (non-hydrogen) atoms. The fourth-order valence-corrected chi connectivity index (χ4v) is 2.50. The average Bonchev–Trinajstić information content (AvgIpc) is 2.44. The van der Waals surface area contributed by atoms with Crippen LogP contribution in [0.4, 0.5) is 0 Å². The Kier molecular flexibility index (Phi) is 7.02. The maximum atomic E-state index is 11.7. The van der Waals surface area contributed by atoms with Crippen LogP contribution in [0.2, 0.25) is 0 Å². The molecule has 1 aliphatic rings. The Morgan fingerprint density at radius 3 is 2.68 bits per heavy atom. The maximum absolute atomic E-state index is 11.7. The van der Waals surface area contributed by atoms with Crippen molar-refractivity contribution >= 4 is 11.8 Å². The van der Waals surface area contributed by atoms with Gasteiger partial charge in [-0.25, -0.2) is 0 Å². The van der Waals surface area contributed by atoms with E-state index >= 15 is 0 Å². The summed E-state index contributed by atoms with van der Waals surface area (Å²) in [5.41, 5.74) is 0. The molecule has 1 aliphatic heterocycles. The van der Waals surface area contributed by atoms with Crippen LogP contribution in [0.1, 0.15) is 26.7 Å². The van der Waals surface area contributed by atoms with Gasteiger partial charge in [0.1, 0.15) is 11.7 Å². The molecule has 1 saturated heterocycles. The highest BCUT2D eigenvalue weighted by molar-refractivity contribution is 5.99. The molecule has 0 saturated carbocycles. The molecule has 0 aliphatic carbocycles. The summed E-state index contributed by atoms with van der Waals surface area (Å²) in [6, 6.07) is 0. The molecule has 1 rings (SSSR count). The summed E-state index contributed by atoms with van der Waals surface area (Å²) in [6.07, 6.45) is 1.54. The van der Waals surface area contributed by atoms with Crippen molar-refractivity contribution in [2.24, 2.45) is 5.92 Å². The minimum Gasteiger partial charge on any atom is -0.468 e. The number of piperidine rings is 1. The van der Waals surface area contributed by atoms with Crippen molar-refractivity contribution in [1.82, 2.24) is 9.80 Å². The largest absolute Gasteiger partial charge is 0.468 e. The predicted octanol–water partition coefficient (Wildman–Crippen LogP) is 0.782. The number of ketones is 1. The first-order valence-electron chi connectivity index (χ1n) is 7.17. The lowest BCUT2D eigenvalue weighted by atomic mass is 9.96. The van der Waals surface area contributed by atoms with Crippen LogP contribution in [0.5, 0.6) is 0 Å². The van der Waals surface area contributed by atoms with Crippen molar-refractivity contribution in [1.29, 1.82) is 0 Å². The second kappa shape index (κ2) is 8.27. The van der Waals surface area contributed by atoms with Gasteiger partial charge in [0.2, 0.25) is 0 Å². The average molecular weight is 270 g/mol. The molecule has 0 amide bonds. The van der Waals surface area contributed by atoms with Crippen molar-refractivity contribution in [3.8, 4) is 0 Å². The summed E-state index contributed by atoms with van der Waals surface area (Å²) in [7, 11) is 1.34.